The Bertz CT molecular complexity index is 612. The zero-order valence-corrected chi connectivity index (χ0v) is 13.0. The van der Waals surface area contributed by atoms with Crippen molar-refractivity contribution in [3.8, 4) is 11.4 Å². The van der Waals surface area contributed by atoms with E-state index in [1.807, 2.05) is 12.1 Å². The van der Waals surface area contributed by atoms with Crippen molar-refractivity contribution >= 4 is 5.82 Å². The summed E-state index contributed by atoms with van der Waals surface area (Å²) in [6.45, 7) is 5.50. The van der Waals surface area contributed by atoms with Crippen molar-refractivity contribution in [1.82, 2.24) is 9.78 Å². The molecule has 1 aliphatic rings. The second kappa shape index (κ2) is 5.80. The van der Waals surface area contributed by atoms with Crippen LogP contribution in [0.1, 0.15) is 43.9 Å². The van der Waals surface area contributed by atoms with Gasteiger partial charge in [0.2, 0.25) is 0 Å². The van der Waals surface area contributed by atoms with E-state index in [0.29, 0.717) is 5.92 Å². The molecule has 3 rings (SSSR count). The van der Waals surface area contributed by atoms with Crippen molar-refractivity contribution in [2.45, 2.75) is 39.0 Å². The highest BCUT2D eigenvalue weighted by atomic mass is 16.5. The highest BCUT2D eigenvalue weighted by Crippen LogP contribution is 2.35. The summed E-state index contributed by atoms with van der Waals surface area (Å²) in [4.78, 5) is 0. The monoisotopic (exact) mass is 285 g/mol. The number of rotatable bonds is 5. The number of anilines is 1. The van der Waals surface area contributed by atoms with E-state index in [9.17, 15) is 0 Å². The Labute approximate surface area is 126 Å². The van der Waals surface area contributed by atoms with E-state index in [-0.39, 0.29) is 0 Å². The lowest BCUT2D eigenvalue weighted by Crippen LogP contribution is -2.06. The average molecular weight is 285 g/mol. The number of ether oxygens (including phenoxy) is 1. The maximum Gasteiger partial charge on any atom is 0.133 e. The summed E-state index contributed by atoms with van der Waals surface area (Å²) in [5.41, 5.74) is 3.76. The van der Waals surface area contributed by atoms with Crippen molar-refractivity contribution in [3.63, 3.8) is 0 Å². The van der Waals surface area contributed by atoms with Crippen LogP contribution in [0.4, 0.5) is 5.82 Å². The van der Waals surface area contributed by atoms with Crippen LogP contribution in [0.15, 0.2) is 24.3 Å². The Morgan fingerprint density at radius 1 is 1.24 bits per heavy atom. The summed E-state index contributed by atoms with van der Waals surface area (Å²) in [6, 6.07) is 8.08. The second-order valence-corrected chi connectivity index (χ2v) is 5.51. The summed E-state index contributed by atoms with van der Waals surface area (Å²) < 4.78 is 7.28. The molecule has 21 heavy (non-hydrogen) atoms. The number of nitrogens with one attached hydrogen (secondary N) is 1. The summed E-state index contributed by atoms with van der Waals surface area (Å²) in [5, 5.41) is 8.40. The Morgan fingerprint density at radius 3 is 2.57 bits per heavy atom. The minimum atomic E-state index is 0.554. The largest absolute Gasteiger partial charge is 0.497 e. The van der Waals surface area contributed by atoms with Crippen molar-refractivity contribution in [3.05, 3.63) is 35.5 Å². The molecule has 0 saturated carbocycles. The van der Waals surface area contributed by atoms with Crippen LogP contribution in [0.25, 0.3) is 5.69 Å². The molecule has 1 N–H and O–H groups in total. The molecule has 2 heterocycles. The predicted octanol–water partition coefficient (Wildman–Crippen LogP) is 3.75. The third kappa shape index (κ3) is 2.39. The van der Waals surface area contributed by atoms with E-state index >= 15 is 0 Å². The molecule has 1 aromatic carbocycles. The first kappa shape index (κ1) is 14.0. The molecule has 2 aromatic rings. The third-order valence-corrected chi connectivity index (χ3v) is 4.37. The predicted molar refractivity (Wildman–Crippen MR) is 85.6 cm³/mol. The van der Waals surface area contributed by atoms with Gasteiger partial charge < -0.3 is 10.1 Å². The molecule has 0 amide bonds. The molecule has 0 radical (unpaired) electrons. The van der Waals surface area contributed by atoms with Gasteiger partial charge in [0.15, 0.2) is 0 Å². The van der Waals surface area contributed by atoms with Gasteiger partial charge in [0.25, 0.3) is 0 Å². The van der Waals surface area contributed by atoms with Crippen LogP contribution < -0.4 is 10.1 Å². The Morgan fingerprint density at radius 2 is 1.95 bits per heavy atom. The first-order chi connectivity index (χ1) is 10.3. The fourth-order valence-corrected chi connectivity index (χ4v) is 3.11. The standard InChI is InChI=1S/C17H23N3O/c1-4-12(5-2)16-15-10-11-18-17(15)20(19-16)13-6-8-14(21-3)9-7-13/h6-9,12,18H,4-5,10-11H2,1-3H3. The first-order valence-corrected chi connectivity index (χ1v) is 7.78. The summed E-state index contributed by atoms with van der Waals surface area (Å²) in [6.07, 6.45) is 3.36. The SMILES string of the molecule is CCC(CC)c1nn(-c2ccc(OC)cc2)c2c1CCN2. The van der Waals surface area contributed by atoms with Crippen LogP contribution >= 0.6 is 0 Å². The zero-order chi connectivity index (χ0) is 14.8. The molecule has 0 aliphatic carbocycles. The highest BCUT2D eigenvalue weighted by molar-refractivity contribution is 5.58. The van der Waals surface area contributed by atoms with Crippen molar-refractivity contribution < 1.29 is 4.74 Å². The van der Waals surface area contributed by atoms with Crippen LogP contribution in [-0.2, 0) is 6.42 Å². The Hall–Kier alpha value is -1.97. The van der Waals surface area contributed by atoms with E-state index in [1.165, 1.54) is 17.1 Å². The van der Waals surface area contributed by atoms with Crippen molar-refractivity contribution in [2.75, 3.05) is 19.0 Å². The summed E-state index contributed by atoms with van der Waals surface area (Å²) in [5.74, 6) is 2.59. The molecule has 1 aromatic heterocycles. The molecule has 112 valence electrons. The molecule has 0 atom stereocenters. The van der Waals surface area contributed by atoms with Crippen LogP contribution in [0.5, 0.6) is 5.75 Å². The number of hydrogen-bond acceptors (Lipinski definition) is 3. The molecule has 0 saturated heterocycles. The lowest BCUT2D eigenvalue weighted by molar-refractivity contribution is 0.414. The van der Waals surface area contributed by atoms with Gasteiger partial charge in [0, 0.05) is 18.0 Å². The first-order valence-electron chi connectivity index (χ1n) is 7.78. The molecular formula is C17H23N3O. The van der Waals surface area contributed by atoms with Gasteiger partial charge in [-0.25, -0.2) is 4.68 Å². The fourth-order valence-electron chi connectivity index (χ4n) is 3.11. The topological polar surface area (TPSA) is 39.1 Å². The van der Waals surface area contributed by atoms with Gasteiger partial charge in [-0.05, 0) is 43.5 Å². The second-order valence-electron chi connectivity index (χ2n) is 5.51. The maximum atomic E-state index is 5.23. The Balaban J connectivity index is 2.04. The number of methoxy groups -OCH3 is 1. The normalized spacial score (nSPS) is 13.3. The molecule has 0 fully saturated rings. The number of nitrogens with zero attached hydrogens (tertiary/aromatic N) is 2. The fraction of sp³-hybridized carbons (Fsp3) is 0.471. The van der Waals surface area contributed by atoms with Crippen LogP contribution in [-0.4, -0.2) is 23.4 Å². The van der Waals surface area contributed by atoms with Gasteiger partial charge in [-0.1, -0.05) is 13.8 Å². The molecule has 4 heteroatoms. The molecule has 0 spiro atoms. The van der Waals surface area contributed by atoms with Gasteiger partial charge in [-0.3, -0.25) is 0 Å². The highest BCUT2D eigenvalue weighted by Gasteiger charge is 2.26. The number of fused-ring (bicyclic) bond motifs is 1. The van der Waals surface area contributed by atoms with Gasteiger partial charge in [0.1, 0.15) is 11.6 Å². The molecular weight excluding hydrogens is 262 g/mol. The van der Waals surface area contributed by atoms with Gasteiger partial charge in [0.05, 0.1) is 18.5 Å². The quantitative estimate of drug-likeness (QED) is 0.909. The van der Waals surface area contributed by atoms with Crippen LogP contribution in [0, 0.1) is 0 Å². The lowest BCUT2D eigenvalue weighted by atomic mass is 9.96. The molecule has 0 unspecified atom stereocenters. The van der Waals surface area contributed by atoms with Gasteiger partial charge in [-0.2, -0.15) is 5.10 Å². The van der Waals surface area contributed by atoms with E-state index < -0.39 is 0 Å². The van der Waals surface area contributed by atoms with Crippen LogP contribution in [0.3, 0.4) is 0 Å². The number of hydrogen-bond donors (Lipinski definition) is 1. The van der Waals surface area contributed by atoms with Crippen molar-refractivity contribution in [2.24, 2.45) is 0 Å². The van der Waals surface area contributed by atoms with E-state index in [1.54, 1.807) is 7.11 Å². The number of benzene rings is 1. The van der Waals surface area contributed by atoms with E-state index in [4.69, 9.17) is 9.84 Å². The number of aromatic nitrogens is 2. The molecule has 1 aliphatic heterocycles. The third-order valence-electron chi connectivity index (χ3n) is 4.37. The van der Waals surface area contributed by atoms with Crippen LogP contribution in [0.2, 0.25) is 0 Å². The molecule has 0 bridgehead atoms. The van der Waals surface area contributed by atoms with Crippen molar-refractivity contribution in [1.29, 1.82) is 0 Å². The smallest absolute Gasteiger partial charge is 0.133 e. The van der Waals surface area contributed by atoms with Gasteiger partial charge >= 0.3 is 0 Å². The zero-order valence-electron chi connectivity index (χ0n) is 13.0. The Kier molecular flexibility index (Phi) is 3.86. The minimum absolute atomic E-state index is 0.554. The van der Waals surface area contributed by atoms with E-state index in [0.717, 1.165) is 37.2 Å². The molecule has 4 nitrogen and oxygen atoms in total. The average Bonchev–Trinajstić information content (AvgIpc) is 3.12. The summed E-state index contributed by atoms with van der Waals surface area (Å²) in [7, 11) is 1.69. The van der Waals surface area contributed by atoms with Gasteiger partial charge in [-0.15, -0.1) is 0 Å². The summed E-state index contributed by atoms with van der Waals surface area (Å²) >= 11 is 0. The lowest BCUT2D eigenvalue weighted by Gasteiger charge is -2.10. The van der Waals surface area contributed by atoms with E-state index in [2.05, 4.69) is 36.0 Å². The minimum Gasteiger partial charge on any atom is -0.497 e. The maximum absolute atomic E-state index is 5.23.